The van der Waals surface area contributed by atoms with Gasteiger partial charge in [0.2, 0.25) is 5.91 Å². The van der Waals surface area contributed by atoms with E-state index in [4.69, 9.17) is 9.47 Å². The van der Waals surface area contributed by atoms with Crippen LogP contribution in [0.1, 0.15) is 25.7 Å². The molecule has 0 radical (unpaired) electrons. The Hall–Kier alpha value is -2.78. The second-order valence-electron chi connectivity index (χ2n) is 7.39. The number of aliphatic hydroxyl groups excluding tert-OH is 1. The minimum atomic E-state index is -4.09. The molecule has 9 heteroatoms. The monoisotopic (exact) mass is 448 g/mol. The van der Waals surface area contributed by atoms with Gasteiger partial charge < -0.3 is 19.9 Å². The SMILES string of the molecule is COc1ccc(OC)c(N(CC(=O)N[C@H]2CCCC[C@H]2O)S(=O)(=O)c2ccccc2)c1. The number of nitrogens with zero attached hydrogens (tertiary/aromatic N) is 1. The van der Waals surface area contributed by atoms with Crippen LogP contribution in [0.4, 0.5) is 5.69 Å². The van der Waals surface area contributed by atoms with Crippen LogP contribution in [-0.2, 0) is 14.8 Å². The number of amides is 1. The Morgan fingerprint density at radius 3 is 2.45 bits per heavy atom. The van der Waals surface area contributed by atoms with E-state index in [0.29, 0.717) is 18.6 Å². The molecule has 0 aromatic heterocycles. The van der Waals surface area contributed by atoms with Gasteiger partial charge >= 0.3 is 0 Å². The number of hydrogen-bond acceptors (Lipinski definition) is 6. The fourth-order valence-electron chi connectivity index (χ4n) is 3.67. The highest BCUT2D eigenvalue weighted by Gasteiger charge is 2.31. The van der Waals surface area contributed by atoms with Crippen LogP contribution in [0.15, 0.2) is 53.4 Å². The maximum Gasteiger partial charge on any atom is 0.264 e. The molecule has 0 spiro atoms. The molecule has 8 nitrogen and oxygen atoms in total. The molecule has 31 heavy (non-hydrogen) atoms. The second-order valence-corrected chi connectivity index (χ2v) is 9.25. The topological polar surface area (TPSA) is 105 Å². The summed E-state index contributed by atoms with van der Waals surface area (Å²) in [6, 6.07) is 12.2. The predicted octanol–water partition coefficient (Wildman–Crippen LogP) is 2.32. The number of hydrogen-bond donors (Lipinski definition) is 2. The van der Waals surface area contributed by atoms with E-state index in [-0.39, 0.29) is 16.3 Å². The van der Waals surface area contributed by atoms with Gasteiger partial charge in [-0.2, -0.15) is 0 Å². The third-order valence-corrected chi connectivity index (χ3v) is 7.12. The van der Waals surface area contributed by atoms with Gasteiger partial charge in [0.25, 0.3) is 10.0 Å². The van der Waals surface area contributed by atoms with Crippen molar-refractivity contribution in [3.05, 3.63) is 48.5 Å². The summed E-state index contributed by atoms with van der Waals surface area (Å²) in [5.41, 5.74) is 0.185. The van der Waals surface area contributed by atoms with E-state index < -0.39 is 34.6 Å². The van der Waals surface area contributed by atoms with Crippen molar-refractivity contribution in [2.45, 2.75) is 42.7 Å². The standard InChI is InChI=1S/C22H28N2O6S/c1-29-16-12-13-21(30-2)19(14-16)24(31(27,28)17-8-4-3-5-9-17)15-22(26)23-18-10-6-7-11-20(18)25/h3-5,8-9,12-14,18,20,25H,6-7,10-11,15H2,1-2H3,(H,23,26)/t18-,20+/m0/s1. The number of ether oxygens (including phenoxy) is 2. The lowest BCUT2D eigenvalue weighted by atomic mass is 9.92. The molecule has 0 bridgehead atoms. The molecule has 1 aliphatic rings. The van der Waals surface area contributed by atoms with E-state index in [0.717, 1.165) is 17.1 Å². The van der Waals surface area contributed by atoms with Gasteiger partial charge in [-0.1, -0.05) is 31.0 Å². The van der Waals surface area contributed by atoms with Gasteiger partial charge in [0.15, 0.2) is 0 Å². The molecule has 2 aromatic rings. The Balaban J connectivity index is 1.98. The third-order valence-electron chi connectivity index (χ3n) is 5.35. The fraction of sp³-hybridized carbons (Fsp3) is 0.409. The second kappa shape index (κ2) is 10.0. The molecule has 2 N–H and O–H groups in total. The van der Waals surface area contributed by atoms with Crippen molar-refractivity contribution in [1.82, 2.24) is 5.32 Å². The van der Waals surface area contributed by atoms with E-state index in [2.05, 4.69) is 5.32 Å². The lowest BCUT2D eigenvalue weighted by Crippen LogP contribution is -2.49. The first kappa shape index (κ1) is 22.9. The van der Waals surface area contributed by atoms with Crippen molar-refractivity contribution >= 4 is 21.6 Å². The number of methoxy groups -OCH3 is 2. The largest absolute Gasteiger partial charge is 0.497 e. The summed E-state index contributed by atoms with van der Waals surface area (Å²) in [5, 5.41) is 13.0. The van der Waals surface area contributed by atoms with Gasteiger partial charge in [0.05, 0.1) is 36.9 Å². The number of rotatable bonds is 8. The summed E-state index contributed by atoms with van der Waals surface area (Å²) in [4.78, 5) is 12.9. The number of sulfonamides is 1. The highest BCUT2D eigenvalue weighted by Crippen LogP contribution is 2.35. The first-order valence-electron chi connectivity index (χ1n) is 10.1. The first-order chi connectivity index (χ1) is 14.9. The van der Waals surface area contributed by atoms with Gasteiger partial charge in [0.1, 0.15) is 18.0 Å². The van der Waals surface area contributed by atoms with E-state index in [1.165, 1.54) is 32.4 Å². The van der Waals surface area contributed by atoms with Crippen molar-refractivity contribution < 1.29 is 27.8 Å². The number of aliphatic hydroxyl groups is 1. The number of benzene rings is 2. The molecule has 1 fully saturated rings. The van der Waals surface area contributed by atoms with E-state index in [1.54, 1.807) is 30.3 Å². The summed E-state index contributed by atoms with van der Waals surface area (Å²) in [5.74, 6) is 0.202. The summed E-state index contributed by atoms with van der Waals surface area (Å²) in [6.07, 6.45) is 2.44. The fourth-order valence-corrected chi connectivity index (χ4v) is 5.12. The Bertz CT molecular complexity index is 996. The Labute approximate surface area is 182 Å². The summed E-state index contributed by atoms with van der Waals surface area (Å²) >= 11 is 0. The Kier molecular flexibility index (Phi) is 7.40. The smallest absolute Gasteiger partial charge is 0.264 e. The van der Waals surface area contributed by atoms with Crippen molar-refractivity contribution in [3.8, 4) is 11.5 Å². The zero-order valence-corrected chi connectivity index (χ0v) is 18.5. The molecular weight excluding hydrogens is 420 g/mol. The highest BCUT2D eigenvalue weighted by molar-refractivity contribution is 7.92. The minimum Gasteiger partial charge on any atom is -0.497 e. The first-order valence-corrected chi connectivity index (χ1v) is 11.6. The van der Waals surface area contributed by atoms with Crippen LogP contribution >= 0.6 is 0 Å². The van der Waals surface area contributed by atoms with Gasteiger partial charge in [-0.15, -0.1) is 0 Å². The van der Waals surface area contributed by atoms with E-state index in [9.17, 15) is 18.3 Å². The van der Waals surface area contributed by atoms with Crippen LogP contribution in [-0.4, -0.2) is 52.3 Å². The predicted molar refractivity (Wildman–Crippen MR) is 117 cm³/mol. The van der Waals surface area contributed by atoms with Crippen molar-refractivity contribution in [2.24, 2.45) is 0 Å². The van der Waals surface area contributed by atoms with Crippen LogP contribution in [0.3, 0.4) is 0 Å². The summed E-state index contributed by atoms with van der Waals surface area (Å²) < 4.78 is 38.6. The zero-order chi connectivity index (χ0) is 22.4. The molecule has 2 atom stereocenters. The molecule has 1 saturated carbocycles. The lowest BCUT2D eigenvalue weighted by Gasteiger charge is -2.30. The molecule has 1 amide bonds. The number of carbonyl (C=O) groups is 1. The molecule has 3 rings (SSSR count). The van der Waals surface area contributed by atoms with Gasteiger partial charge in [0, 0.05) is 6.07 Å². The van der Waals surface area contributed by atoms with Gasteiger partial charge in [-0.3, -0.25) is 9.10 Å². The molecular formula is C22H28N2O6S. The summed E-state index contributed by atoms with van der Waals surface area (Å²) in [6.45, 7) is -0.468. The Morgan fingerprint density at radius 1 is 1.10 bits per heavy atom. The molecule has 0 aliphatic heterocycles. The van der Waals surface area contributed by atoms with Gasteiger partial charge in [-0.25, -0.2) is 8.42 Å². The molecule has 1 aliphatic carbocycles. The summed E-state index contributed by atoms with van der Waals surface area (Å²) in [7, 11) is -1.19. The van der Waals surface area contributed by atoms with E-state index in [1.807, 2.05) is 0 Å². The zero-order valence-electron chi connectivity index (χ0n) is 17.7. The molecule has 168 valence electrons. The quantitative estimate of drug-likeness (QED) is 0.642. The van der Waals surface area contributed by atoms with Crippen molar-refractivity contribution in [2.75, 3.05) is 25.1 Å². The van der Waals surface area contributed by atoms with Crippen molar-refractivity contribution in [1.29, 1.82) is 0 Å². The Morgan fingerprint density at radius 2 is 1.81 bits per heavy atom. The molecule has 2 aromatic carbocycles. The van der Waals surface area contributed by atoms with Crippen LogP contribution < -0.4 is 19.1 Å². The number of nitrogens with one attached hydrogen (secondary N) is 1. The average molecular weight is 449 g/mol. The van der Waals surface area contributed by atoms with Crippen LogP contribution in [0.2, 0.25) is 0 Å². The molecule has 0 saturated heterocycles. The number of anilines is 1. The van der Waals surface area contributed by atoms with Crippen LogP contribution in [0.5, 0.6) is 11.5 Å². The third kappa shape index (κ3) is 5.29. The lowest BCUT2D eigenvalue weighted by molar-refractivity contribution is -0.121. The molecule has 0 heterocycles. The van der Waals surface area contributed by atoms with Crippen LogP contribution in [0, 0.1) is 0 Å². The van der Waals surface area contributed by atoms with Gasteiger partial charge in [-0.05, 0) is 37.1 Å². The van der Waals surface area contributed by atoms with Crippen molar-refractivity contribution in [3.63, 3.8) is 0 Å². The average Bonchev–Trinajstić information content (AvgIpc) is 2.79. The van der Waals surface area contributed by atoms with E-state index >= 15 is 0 Å². The maximum atomic E-state index is 13.5. The highest BCUT2D eigenvalue weighted by atomic mass is 32.2. The normalized spacial score (nSPS) is 18.8. The minimum absolute atomic E-state index is 0.0466. The number of carbonyl (C=O) groups excluding carboxylic acids is 1. The van der Waals surface area contributed by atoms with Crippen LogP contribution in [0.25, 0.3) is 0 Å². The maximum absolute atomic E-state index is 13.5. The molecule has 0 unspecified atom stereocenters.